The van der Waals surface area contributed by atoms with Gasteiger partial charge < -0.3 is 5.73 Å². The molecule has 17 heavy (non-hydrogen) atoms. The third kappa shape index (κ3) is 2.40. The van der Waals surface area contributed by atoms with Crippen LogP contribution in [0.5, 0.6) is 0 Å². The molecule has 1 aromatic carbocycles. The molecule has 94 valence electrons. The van der Waals surface area contributed by atoms with Crippen molar-refractivity contribution in [2.75, 3.05) is 17.4 Å². The molecule has 0 aromatic heterocycles. The quantitative estimate of drug-likeness (QED) is 0.831. The van der Waals surface area contributed by atoms with E-state index in [2.05, 4.69) is 4.72 Å². The maximum absolute atomic E-state index is 11.9. The van der Waals surface area contributed by atoms with E-state index in [4.69, 9.17) is 17.3 Å². The van der Waals surface area contributed by atoms with E-state index in [1.807, 2.05) is 6.92 Å². The van der Waals surface area contributed by atoms with Gasteiger partial charge in [0.1, 0.15) is 0 Å². The van der Waals surface area contributed by atoms with E-state index in [0.717, 1.165) is 5.56 Å². The van der Waals surface area contributed by atoms with Crippen LogP contribution >= 0.6 is 11.6 Å². The van der Waals surface area contributed by atoms with Crippen molar-refractivity contribution in [2.24, 2.45) is 5.73 Å². The molecule has 1 atom stereocenters. The van der Waals surface area contributed by atoms with Gasteiger partial charge in [0.15, 0.2) is 0 Å². The van der Waals surface area contributed by atoms with E-state index < -0.39 is 10.2 Å². The first-order valence-electron chi connectivity index (χ1n) is 5.20. The third-order valence-electron chi connectivity index (χ3n) is 2.70. The number of nitrogens with two attached hydrogens (primary N) is 1. The summed E-state index contributed by atoms with van der Waals surface area (Å²) in [5.41, 5.74) is 6.94. The zero-order valence-electron chi connectivity index (χ0n) is 9.35. The van der Waals surface area contributed by atoms with Crippen LogP contribution in [-0.2, 0) is 10.2 Å². The Morgan fingerprint density at radius 2 is 2.29 bits per heavy atom. The second-order valence-corrected chi connectivity index (χ2v) is 6.08. The Morgan fingerprint density at radius 1 is 1.59 bits per heavy atom. The molecule has 1 unspecified atom stereocenters. The topological polar surface area (TPSA) is 75.4 Å². The van der Waals surface area contributed by atoms with E-state index in [1.165, 1.54) is 4.31 Å². The van der Waals surface area contributed by atoms with Gasteiger partial charge in [0, 0.05) is 11.6 Å². The predicted octanol–water partition coefficient (Wildman–Crippen LogP) is 0.630. The summed E-state index contributed by atoms with van der Waals surface area (Å²) in [6.45, 7) is 2.45. The van der Waals surface area contributed by atoms with Gasteiger partial charge in [-0.15, -0.1) is 0 Å². The summed E-state index contributed by atoms with van der Waals surface area (Å²) in [6.07, 6.45) is 0. The standard InChI is InChI=1S/C10H14ClN3O2S/c1-7-4-8(11)2-3-10(7)14-6-9(5-12)13-17(14,15)16/h2-4,9,13H,5-6,12H2,1H3. The molecule has 1 heterocycles. The molecule has 1 fully saturated rings. The van der Waals surface area contributed by atoms with E-state index in [9.17, 15) is 8.42 Å². The smallest absolute Gasteiger partial charge is 0.301 e. The van der Waals surface area contributed by atoms with Crippen LogP contribution in [0.2, 0.25) is 5.02 Å². The van der Waals surface area contributed by atoms with Crippen molar-refractivity contribution in [3.63, 3.8) is 0 Å². The Balaban J connectivity index is 2.40. The molecule has 1 aliphatic heterocycles. The van der Waals surface area contributed by atoms with E-state index in [1.54, 1.807) is 18.2 Å². The second kappa shape index (κ2) is 4.45. The highest BCUT2D eigenvalue weighted by Gasteiger charge is 2.35. The first-order valence-corrected chi connectivity index (χ1v) is 7.02. The first-order chi connectivity index (χ1) is 7.94. The summed E-state index contributed by atoms with van der Waals surface area (Å²) in [5, 5.41) is 0.589. The highest BCUT2D eigenvalue weighted by atomic mass is 35.5. The van der Waals surface area contributed by atoms with E-state index >= 15 is 0 Å². The number of hydrogen-bond donors (Lipinski definition) is 2. The lowest BCUT2D eigenvalue weighted by atomic mass is 10.2. The average Bonchev–Trinajstić information content (AvgIpc) is 2.54. The van der Waals surface area contributed by atoms with Gasteiger partial charge in [-0.2, -0.15) is 13.1 Å². The number of nitrogens with one attached hydrogen (secondary N) is 1. The molecule has 0 saturated carbocycles. The minimum atomic E-state index is -3.48. The molecule has 0 spiro atoms. The van der Waals surface area contributed by atoms with Gasteiger partial charge in [-0.3, -0.25) is 4.31 Å². The zero-order chi connectivity index (χ0) is 12.6. The lowest BCUT2D eigenvalue weighted by molar-refractivity contribution is 0.583. The summed E-state index contributed by atoms with van der Waals surface area (Å²) >= 11 is 5.85. The van der Waals surface area contributed by atoms with Gasteiger partial charge in [-0.05, 0) is 30.7 Å². The molecule has 5 nitrogen and oxygen atoms in total. The van der Waals surface area contributed by atoms with Crippen LogP contribution in [0.15, 0.2) is 18.2 Å². The van der Waals surface area contributed by atoms with Crippen molar-refractivity contribution in [3.05, 3.63) is 28.8 Å². The van der Waals surface area contributed by atoms with Crippen molar-refractivity contribution in [2.45, 2.75) is 13.0 Å². The second-order valence-electron chi connectivity index (χ2n) is 4.02. The SMILES string of the molecule is Cc1cc(Cl)ccc1N1CC(CN)NS1(=O)=O. The number of halogens is 1. The summed E-state index contributed by atoms with van der Waals surface area (Å²) in [5.74, 6) is 0. The highest BCUT2D eigenvalue weighted by molar-refractivity contribution is 7.91. The highest BCUT2D eigenvalue weighted by Crippen LogP contribution is 2.27. The molecule has 0 amide bonds. The maximum Gasteiger partial charge on any atom is 0.301 e. The van der Waals surface area contributed by atoms with Crippen LogP contribution in [0.3, 0.4) is 0 Å². The van der Waals surface area contributed by atoms with Crippen LogP contribution in [0.4, 0.5) is 5.69 Å². The largest absolute Gasteiger partial charge is 0.329 e. The number of rotatable bonds is 2. The normalized spacial score (nSPS) is 23.0. The van der Waals surface area contributed by atoms with Crippen LogP contribution < -0.4 is 14.8 Å². The van der Waals surface area contributed by atoms with Crippen LogP contribution in [0, 0.1) is 6.92 Å². The predicted molar refractivity (Wildman–Crippen MR) is 68.4 cm³/mol. The van der Waals surface area contributed by atoms with Crippen molar-refractivity contribution >= 4 is 27.5 Å². The summed E-state index contributed by atoms with van der Waals surface area (Å²) in [6, 6.07) is 4.88. The Hall–Kier alpha value is -0.820. The summed E-state index contributed by atoms with van der Waals surface area (Å²) in [4.78, 5) is 0. The van der Waals surface area contributed by atoms with Gasteiger partial charge in [-0.1, -0.05) is 11.6 Å². The molecule has 1 saturated heterocycles. The van der Waals surface area contributed by atoms with Gasteiger partial charge in [-0.25, -0.2) is 0 Å². The monoisotopic (exact) mass is 275 g/mol. The fraction of sp³-hybridized carbons (Fsp3) is 0.400. The minimum absolute atomic E-state index is 0.241. The van der Waals surface area contributed by atoms with Gasteiger partial charge >= 0.3 is 10.2 Å². The zero-order valence-corrected chi connectivity index (χ0v) is 10.9. The van der Waals surface area contributed by atoms with Gasteiger partial charge in [0.25, 0.3) is 0 Å². The molecule has 0 bridgehead atoms. The Labute approximate surface area is 106 Å². The van der Waals surface area contributed by atoms with Crippen LogP contribution in [0.25, 0.3) is 0 Å². The fourth-order valence-corrected chi connectivity index (χ4v) is 3.64. The fourth-order valence-electron chi connectivity index (χ4n) is 1.86. The summed E-state index contributed by atoms with van der Waals surface area (Å²) in [7, 11) is -3.48. The number of hydrogen-bond acceptors (Lipinski definition) is 3. The summed E-state index contributed by atoms with van der Waals surface area (Å²) < 4.78 is 27.6. The molecule has 1 aromatic rings. The van der Waals surface area contributed by atoms with Crippen molar-refractivity contribution in [1.82, 2.24) is 4.72 Å². The lowest BCUT2D eigenvalue weighted by Gasteiger charge is -2.18. The van der Waals surface area contributed by atoms with Gasteiger partial charge in [0.2, 0.25) is 0 Å². The Kier molecular flexibility index (Phi) is 3.31. The van der Waals surface area contributed by atoms with Crippen molar-refractivity contribution in [1.29, 1.82) is 0 Å². The molecule has 2 rings (SSSR count). The molecule has 1 aliphatic rings. The molecule has 0 aliphatic carbocycles. The lowest BCUT2D eigenvalue weighted by Crippen LogP contribution is -2.34. The number of aryl methyl sites for hydroxylation is 1. The number of anilines is 1. The maximum atomic E-state index is 11.9. The average molecular weight is 276 g/mol. The molecular weight excluding hydrogens is 262 g/mol. The molecule has 7 heteroatoms. The van der Waals surface area contributed by atoms with Crippen molar-refractivity contribution in [3.8, 4) is 0 Å². The Morgan fingerprint density at radius 3 is 2.82 bits per heavy atom. The Bertz CT molecular complexity index is 532. The number of nitrogens with zero attached hydrogens (tertiary/aromatic N) is 1. The minimum Gasteiger partial charge on any atom is -0.329 e. The van der Waals surface area contributed by atoms with Crippen LogP contribution in [-0.4, -0.2) is 27.5 Å². The number of benzene rings is 1. The first kappa shape index (κ1) is 12.6. The van der Waals surface area contributed by atoms with E-state index in [-0.39, 0.29) is 12.6 Å². The van der Waals surface area contributed by atoms with Gasteiger partial charge in [0.05, 0.1) is 18.3 Å². The molecule has 0 radical (unpaired) electrons. The van der Waals surface area contributed by atoms with Crippen molar-refractivity contribution < 1.29 is 8.42 Å². The van der Waals surface area contributed by atoms with Crippen LogP contribution in [0.1, 0.15) is 5.56 Å². The third-order valence-corrected chi connectivity index (χ3v) is 4.50. The molecule has 3 N–H and O–H groups in total. The van der Waals surface area contributed by atoms with E-state index in [0.29, 0.717) is 17.3 Å². The molecular formula is C10H14ClN3O2S.